The Kier molecular flexibility index (Phi) is 8.58. The molecule has 212 valence electrons. The number of allylic oxidation sites excluding steroid dienone is 1. The number of halogens is 2. The van der Waals surface area contributed by atoms with Gasteiger partial charge < -0.3 is 24.7 Å². The van der Waals surface area contributed by atoms with Gasteiger partial charge in [0.2, 0.25) is 5.88 Å². The summed E-state index contributed by atoms with van der Waals surface area (Å²) in [6.07, 6.45) is 0. The summed E-state index contributed by atoms with van der Waals surface area (Å²) in [4.78, 5) is 12.9. The van der Waals surface area contributed by atoms with Crippen LogP contribution in [0.15, 0.2) is 90.3 Å². The predicted octanol–water partition coefficient (Wildman–Crippen LogP) is 7.72. The van der Waals surface area contributed by atoms with Gasteiger partial charge >= 0.3 is 5.97 Å². The van der Waals surface area contributed by atoms with Gasteiger partial charge in [0.25, 0.3) is 0 Å². The van der Waals surface area contributed by atoms with Gasteiger partial charge in [-0.2, -0.15) is 5.26 Å². The summed E-state index contributed by atoms with van der Waals surface area (Å²) >= 11 is 12.5. The van der Waals surface area contributed by atoms with Crippen LogP contribution in [0.4, 0.5) is 0 Å². The molecule has 1 aliphatic rings. The Balaban J connectivity index is 1.36. The number of nitrogens with two attached hydrogens (primary N) is 1. The van der Waals surface area contributed by atoms with E-state index in [2.05, 4.69) is 6.07 Å². The Morgan fingerprint density at radius 3 is 2.26 bits per heavy atom. The van der Waals surface area contributed by atoms with Crippen LogP contribution in [-0.4, -0.2) is 12.6 Å². The van der Waals surface area contributed by atoms with Crippen LogP contribution in [0, 0.1) is 18.3 Å². The van der Waals surface area contributed by atoms with E-state index in [9.17, 15) is 10.1 Å². The summed E-state index contributed by atoms with van der Waals surface area (Å²) in [6.45, 7) is 4.65. The third kappa shape index (κ3) is 6.15. The number of hydrogen-bond donors (Lipinski definition) is 1. The molecule has 0 amide bonds. The number of hydrogen-bond acceptors (Lipinski definition) is 7. The van der Waals surface area contributed by atoms with E-state index in [1.54, 1.807) is 25.1 Å². The summed E-state index contributed by atoms with van der Waals surface area (Å²) in [6, 6.07) is 25.6. The fraction of sp³-hybridized carbons (Fsp3) is 0.152. The lowest BCUT2D eigenvalue weighted by Gasteiger charge is -2.27. The van der Waals surface area contributed by atoms with Crippen LogP contribution in [-0.2, 0) is 6.61 Å². The molecule has 0 radical (unpaired) electrons. The van der Waals surface area contributed by atoms with Crippen molar-refractivity contribution in [3.8, 4) is 29.1 Å². The van der Waals surface area contributed by atoms with Gasteiger partial charge in [-0.05, 0) is 55.3 Å². The summed E-state index contributed by atoms with van der Waals surface area (Å²) in [5.74, 6) is 0.389. The minimum Gasteiger partial charge on any atom is -0.491 e. The van der Waals surface area contributed by atoms with E-state index in [-0.39, 0.29) is 32.8 Å². The zero-order valence-electron chi connectivity index (χ0n) is 22.8. The molecular formula is C33H26Cl2N2O5. The first-order valence-electron chi connectivity index (χ1n) is 13.1. The van der Waals surface area contributed by atoms with Crippen LogP contribution < -0.4 is 24.7 Å². The molecule has 1 aliphatic heterocycles. The van der Waals surface area contributed by atoms with Crippen molar-refractivity contribution in [2.75, 3.05) is 6.61 Å². The largest absolute Gasteiger partial charge is 0.491 e. The van der Waals surface area contributed by atoms with Gasteiger partial charge in [-0.1, -0.05) is 71.2 Å². The molecule has 9 heteroatoms. The van der Waals surface area contributed by atoms with Crippen LogP contribution in [0.2, 0.25) is 10.0 Å². The van der Waals surface area contributed by atoms with Gasteiger partial charge in [0, 0.05) is 11.6 Å². The number of carbonyl (C=O) groups is 1. The van der Waals surface area contributed by atoms with Crippen LogP contribution in [0.5, 0.6) is 23.0 Å². The van der Waals surface area contributed by atoms with Crippen molar-refractivity contribution >= 4 is 29.2 Å². The Morgan fingerprint density at radius 1 is 0.952 bits per heavy atom. The molecule has 0 aromatic heterocycles. The molecule has 7 nitrogen and oxygen atoms in total. The van der Waals surface area contributed by atoms with Gasteiger partial charge in [-0.15, -0.1) is 0 Å². The second-order valence-electron chi connectivity index (χ2n) is 9.56. The monoisotopic (exact) mass is 600 g/mol. The summed E-state index contributed by atoms with van der Waals surface area (Å²) in [7, 11) is 0. The zero-order valence-corrected chi connectivity index (χ0v) is 24.3. The van der Waals surface area contributed by atoms with Gasteiger partial charge in [-0.25, -0.2) is 4.79 Å². The number of nitrogens with zero attached hydrogens (tertiary/aromatic N) is 1. The molecule has 1 unspecified atom stereocenters. The van der Waals surface area contributed by atoms with Crippen LogP contribution in [0.25, 0.3) is 0 Å². The quantitative estimate of drug-likeness (QED) is 0.163. The van der Waals surface area contributed by atoms with Crippen molar-refractivity contribution in [3.05, 3.63) is 128 Å². The smallest absolute Gasteiger partial charge is 0.343 e. The van der Waals surface area contributed by atoms with E-state index < -0.39 is 11.9 Å². The minimum absolute atomic E-state index is 0.0248. The van der Waals surface area contributed by atoms with E-state index >= 15 is 0 Å². The van der Waals surface area contributed by atoms with E-state index in [4.69, 9.17) is 47.9 Å². The molecule has 0 bridgehead atoms. The van der Waals surface area contributed by atoms with Crippen LogP contribution in [0.3, 0.4) is 0 Å². The summed E-state index contributed by atoms with van der Waals surface area (Å²) in [5.41, 5.74) is 10.4. The standard InChI is InChI=1S/C33H26Cl2N2O5/c1-3-39-31-27(34)14-22(15-28(31)35)33(38)41-24-12-13-25-29(16-24)42-32(37)26(17-36)30(25)21-8-10-23(11-9-21)40-18-20-6-4-19(2)5-7-20/h4-16,30H,3,18,37H2,1-2H3. The Morgan fingerprint density at radius 2 is 1.62 bits per heavy atom. The highest BCUT2D eigenvalue weighted by atomic mass is 35.5. The Hall–Kier alpha value is -4.64. The predicted molar refractivity (Wildman–Crippen MR) is 160 cm³/mol. The molecule has 4 aromatic carbocycles. The zero-order chi connectivity index (χ0) is 29.8. The maximum atomic E-state index is 12.9. The second kappa shape index (κ2) is 12.5. The van der Waals surface area contributed by atoms with Crippen molar-refractivity contribution in [2.24, 2.45) is 5.73 Å². The first-order chi connectivity index (χ1) is 20.3. The average Bonchev–Trinajstić information content (AvgIpc) is 2.98. The average molecular weight is 601 g/mol. The van der Waals surface area contributed by atoms with Crippen molar-refractivity contribution in [3.63, 3.8) is 0 Å². The second-order valence-corrected chi connectivity index (χ2v) is 10.4. The molecule has 0 spiro atoms. The van der Waals surface area contributed by atoms with Crippen LogP contribution >= 0.6 is 23.2 Å². The van der Waals surface area contributed by atoms with Gasteiger partial charge in [0.1, 0.15) is 35.5 Å². The Bertz CT molecular complexity index is 1690. The normalized spacial score (nSPS) is 13.9. The number of benzene rings is 4. The number of aryl methyl sites for hydroxylation is 1. The minimum atomic E-state index is -0.670. The first-order valence-corrected chi connectivity index (χ1v) is 13.9. The molecule has 2 N–H and O–H groups in total. The number of ether oxygens (including phenoxy) is 4. The first kappa shape index (κ1) is 28.9. The fourth-order valence-corrected chi connectivity index (χ4v) is 5.17. The van der Waals surface area contributed by atoms with Crippen molar-refractivity contribution in [2.45, 2.75) is 26.4 Å². The molecular weight excluding hydrogens is 575 g/mol. The van der Waals surface area contributed by atoms with Gasteiger partial charge in [0.05, 0.1) is 28.1 Å². The number of nitriles is 1. The molecule has 4 aromatic rings. The van der Waals surface area contributed by atoms with E-state index in [1.807, 2.05) is 55.5 Å². The van der Waals surface area contributed by atoms with Crippen molar-refractivity contribution < 1.29 is 23.7 Å². The fourth-order valence-electron chi connectivity index (χ4n) is 4.58. The lowest BCUT2D eigenvalue weighted by molar-refractivity contribution is 0.0734. The number of esters is 1. The third-order valence-electron chi connectivity index (χ3n) is 6.66. The lowest BCUT2D eigenvalue weighted by Crippen LogP contribution is -2.21. The maximum absolute atomic E-state index is 12.9. The molecule has 1 heterocycles. The highest BCUT2D eigenvalue weighted by Gasteiger charge is 2.31. The Labute approximate surface area is 253 Å². The molecule has 0 aliphatic carbocycles. The number of fused-ring (bicyclic) bond motifs is 1. The molecule has 42 heavy (non-hydrogen) atoms. The topological polar surface area (TPSA) is 104 Å². The summed E-state index contributed by atoms with van der Waals surface area (Å²) in [5, 5.41) is 10.3. The van der Waals surface area contributed by atoms with Crippen molar-refractivity contribution in [1.82, 2.24) is 0 Å². The number of carbonyl (C=O) groups excluding carboxylic acids is 1. The molecule has 0 saturated heterocycles. The molecule has 0 fully saturated rings. The number of rotatable bonds is 8. The van der Waals surface area contributed by atoms with Crippen molar-refractivity contribution in [1.29, 1.82) is 5.26 Å². The SMILES string of the molecule is CCOc1c(Cl)cc(C(=O)Oc2ccc3c(c2)OC(N)=C(C#N)C3c2ccc(OCc3ccc(C)cc3)cc2)cc1Cl. The molecule has 5 rings (SSSR count). The highest BCUT2D eigenvalue weighted by Crippen LogP contribution is 2.44. The highest BCUT2D eigenvalue weighted by molar-refractivity contribution is 6.37. The van der Waals surface area contributed by atoms with E-state index in [0.29, 0.717) is 36.0 Å². The molecule has 0 saturated carbocycles. The maximum Gasteiger partial charge on any atom is 0.343 e. The van der Waals surface area contributed by atoms with E-state index in [0.717, 1.165) is 11.1 Å². The lowest BCUT2D eigenvalue weighted by atomic mass is 9.83. The third-order valence-corrected chi connectivity index (χ3v) is 7.22. The van der Waals surface area contributed by atoms with Crippen LogP contribution in [0.1, 0.15) is 45.5 Å². The van der Waals surface area contributed by atoms with Gasteiger partial charge in [-0.3, -0.25) is 0 Å². The van der Waals surface area contributed by atoms with Gasteiger partial charge in [0.15, 0.2) is 5.75 Å². The molecule has 1 atom stereocenters. The summed E-state index contributed by atoms with van der Waals surface area (Å²) < 4.78 is 22.7. The van der Waals surface area contributed by atoms with E-state index in [1.165, 1.54) is 17.7 Å².